The van der Waals surface area contributed by atoms with Crippen molar-refractivity contribution >= 4 is 11.6 Å². The Morgan fingerprint density at radius 3 is 1.95 bits per heavy atom. The average molecular weight is 250 g/mol. The lowest BCUT2D eigenvalue weighted by molar-refractivity contribution is 0.0815. The summed E-state index contributed by atoms with van der Waals surface area (Å²) in [4.78, 5) is 23.9. The van der Waals surface area contributed by atoms with Gasteiger partial charge >= 0.3 is 0 Å². The summed E-state index contributed by atoms with van der Waals surface area (Å²) >= 11 is 0. The zero-order valence-corrected chi connectivity index (χ0v) is 10.8. The average Bonchev–Trinajstić information content (AvgIpc) is 2.47. The van der Waals surface area contributed by atoms with Crippen molar-refractivity contribution < 1.29 is 9.59 Å². The molecule has 0 aliphatic heterocycles. The fraction of sp³-hybridized carbons (Fsp3) is 0.0588. The first-order valence-electron chi connectivity index (χ1n) is 5.97. The normalized spacial score (nSPS) is 12.1. The molecular formula is C17H14O2. The van der Waals surface area contributed by atoms with Crippen LogP contribution in [0, 0.1) is 6.92 Å². The largest absolute Gasteiger partial charge is 0.285 e. The number of rotatable bonds is 0. The van der Waals surface area contributed by atoms with E-state index in [1.54, 1.807) is 18.2 Å². The number of hydrogen-bond donors (Lipinski definition) is 0. The molecule has 19 heavy (non-hydrogen) atoms. The Labute approximate surface area is 112 Å². The molecule has 2 aromatic carbocycles. The van der Waals surface area contributed by atoms with Crippen LogP contribution in [0.4, 0.5) is 0 Å². The summed E-state index contributed by atoms with van der Waals surface area (Å²) in [6.07, 6.45) is 0. The van der Waals surface area contributed by atoms with Crippen LogP contribution in [0.1, 0.15) is 26.3 Å². The highest BCUT2D eigenvalue weighted by molar-refractivity contribution is 6.53. The summed E-state index contributed by atoms with van der Waals surface area (Å²) in [5.41, 5.74) is 3.73. The molecule has 0 fully saturated rings. The van der Waals surface area contributed by atoms with Crippen molar-refractivity contribution in [2.45, 2.75) is 6.92 Å². The Morgan fingerprint density at radius 1 is 0.737 bits per heavy atom. The highest BCUT2D eigenvalue weighted by atomic mass is 16.2. The number of carbonyl (C=O) groups is 2. The Morgan fingerprint density at radius 2 is 1.26 bits per heavy atom. The molecule has 0 unspecified atom stereocenters. The molecular weight excluding hydrogens is 236 g/mol. The van der Waals surface area contributed by atoms with Crippen molar-refractivity contribution in [1.29, 1.82) is 0 Å². The maximum absolute atomic E-state index is 12.0. The van der Waals surface area contributed by atoms with Gasteiger partial charge in [-0.2, -0.15) is 0 Å². The van der Waals surface area contributed by atoms with Crippen LogP contribution in [0.25, 0.3) is 11.1 Å². The van der Waals surface area contributed by atoms with E-state index in [-0.39, 0.29) is 0 Å². The second-order valence-electron chi connectivity index (χ2n) is 4.25. The molecule has 0 bridgehead atoms. The van der Waals surface area contributed by atoms with Crippen LogP contribution in [0.2, 0.25) is 0 Å². The van der Waals surface area contributed by atoms with Crippen molar-refractivity contribution in [3.63, 3.8) is 0 Å². The fourth-order valence-electron chi connectivity index (χ4n) is 2.24. The van der Waals surface area contributed by atoms with Crippen LogP contribution < -0.4 is 0 Å². The summed E-state index contributed by atoms with van der Waals surface area (Å²) in [5.74, 6) is -0.805. The summed E-state index contributed by atoms with van der Waals surface area (Å²) in [7, 11) is 0. The Kier molecular flexibility index (Phi) is 3.43. The smallest absolute Gasteiger partial charge is 0.234 e. The number of fused-ring (bicyclic) bond motifs is 3. The molecule has 0 amide bonds. The van der Waals surface area contributed by atoms with Gasteiger partial charge in [0.05, 0.1) is 0 Å². The van der Waals surface area contributed by atoms with Gasteiger partial charge in [0.2, 0.25) is 11.6 Å². The first kappa shape index (κ1) is 13.0. The summed E-state index contributed by atoms with van der Waals surface area (Å²) in [6.45, 7) is 7.92. The Balaban J connectivity index is 0.000000637. The van der Waals surface area contributed by atoms with E-state index in [0.717, 1.165) is 16.7 Å². The molecule has 2 aromatic rings. The van der Waals surface area contributed by atoms with E-state index in [4.69, 9.17) is 0 Å². The van der Waals surface area contributed by atoms with Crippen molar-refractivity contribution in [2.24, 2.45) is 0 Å². The predicted octanol–water partition coefficient (Wildman–Crippen LogP) is 3.84. The molecule has 0 saturated carbocycles. The van der Waals surface area contributed by atoms with Crippen LogP contribution in [0.5, 0.6) is 0 Å². The van der Waals surface area contributed by atoms with Crippen LogP contribution in [-0.2, 0) is 0 Å². The number of ketones is 2. The van der Waals surface area contributed by atoms with E-state index in [9.17, 15) is 9.59 Å². The maximum Gasteiger partial charge on any atom is 0.234 e. The number of aryl methyl sites for hydroxylation is 1. The quantitative estimate of drug-likeness (QED) is 0.526. The number of Topliss-reactive ketones (excluding diaryl/α,β-unsaturated/α-hetero) is 2. The topological polar surface area (TPSA) is 34.1 Å². The second kappa shape index (κ2) is 5.02. The van der Waals surface area contributed by atoms with Crippen molar-refractivity contribution in [3.8, 4) is 11.1 Å². The molecule has 0 N–H and O–H groups in total. The number of hydrogen-bond acceptors (Lipinski definition) is 2. The maximum atomic E-state index is 12.0. The molecule has 0 atom stereocenters. The first-order valence-corrected chi connectivity index (χ1v) is 5.97. The van der Waals surface area contributed by atoms with Gasteiger partial charge in [-0.05, 0) is 24.1 Å². The number of benzene rings is 2. The molecule has 1 aliphatic carbocycles. The zero-order valence-electron chi connectivity index (χ0n) is 10.8. The van der Waals surface area contributed by atoms with Gasteiger partial charge in [0.1, 0.15) is 0 Å². The second-order valence-corrected chi connectivity index (χ2v) is 4.25. The van der Waals surface area contributed by atoms with E-state index in [1.807, 2.05) is 31.2 Å². The minimum atomic E-state index is -0.404. The molecule has 0 spiro atoms. The van der Waals surface area contributed by atoms with Crippen molar-refractivity contribution in [2.75, 3.05) is 0 Å². The van der Waals surface area contributed by atoms with E-state index < -0.39 is 11.6 Å². The lowest BCUT2D eigenvalue weighted by atomic mass is 9.83. The lowest BCUT2D eigenvalue weighted by Crippen LogP contribution is -2.21. The molecule has 94 valence electrons. The summed E-state index contributed by atoms with van der Waals surface area (Å²) in [6, 6.07) is 12.9. The highest BCUT2D eigenvalue weighted by Gasteiger charge is 2.29. The van der Waals surface area contributed by atoms with Gasteiger partial charge in [0.15, 0.2) is 0 Å². The van der Waals surface area contributed by atoms with E-state index in [0.29, 0.717) is 11.1 Å². The minimum absolute atomic E-state index is 0.401. The lowest BCUT2D eigenvalue weighted by Gasteiger charge is -2.17. The summed E-state index contributed by atoms with van der Waals surface area (Å²) < 4.78 is 0. The third-order valence-corrected chi connectivity index (χ3v) is 3.09. The monoisotopic (exact) mass is 250 g/mol. The zero-order chi connectivity index (χ0) is 14.0. The number of carbonyl (C=O) groups excluding carboxylic acids is 2. The van der Waals surface area contributed by atoms with E-state index >= 15 is 0 Å². The van der Waals surface area contributed by atoms with Crippen LogP contribution in [0.3, 0.4) is 0 Å². The van der Waals surface area contributed by atoms with Crippen molar-refractivity contribution in [1.82, 2.24) is 0 Å². The third kappa shape index (κ3) is 2.02. The molecule has 0 saturated heterocycles. The van der Waals surface area contributed by atoms with E-state index in [2.05, 4.69) is 13.2 Å². The molecule has 0 heterocycles. The molecule has 0 radical (unpaired) electrons. The van der Waals surface area contributed by atoms with Gasteiger partial charge < -0.3 is 0 Å². The van der Waals surface area contributed by atoms with Crippen LogP contribution >= 0.6 is 0 Å². The van der Waals surface area contributed by atoms with Crippen LogP contribution in [-0.4, -0.2) is 11.6 Å². The van der Waals surface area contributed by atoms with Crippen LogP contribution in [0.15, 0.2) is 55.6 Å². The first-order chi connectivity index (χ1) is 9.18. The SMILES string of the molecule is C=C.Cc1ccc2c(c1)C(=O)C(=O)c1ccccc1-2. The van der Waals surface area contributed by atoms with Gasteiger partial charge in [-0.15, -0.1) is 13.2 Å². The Bertz CT molecular complexity index is 669. The van der Waals surface area contributed by atoms with Gasteiger partial charge in [-0.25, -0.2) is 0 Å². The van der Waals surface area contributed by atoms with Crippen molar-refractivity contribution in [3.05, 3.63) is 72.3 Å². The molecule has 0 aromatic heterocycles. The minimum Gasteiger partial charge on any atom is -0.285 e. The van der Waals surface area contributed by atoms with Gasteiger partial charge in [0.25, 0.3) is 0 Å². The van der Waals surface area contributed by atoms with Gasteiger partial charge in [-0.3, -0.25) is 9.59 Å². The fourth-order valence-corrected chi connectivity index (χ4v) is 2.24. The van der Waals surface area contributed by atoms with E-state index in [1.165, 1.54) is 0 Å². The third-order valence-electron chi connectivity index (χ3n) is 3.09. The molecule has 1 aliphatic rings. The van der Waals surface area contributed by atoms with Gasteiger partial charge in [0, 0.05) is 11.1 Å². The predicted molar refractivity (Wildman–Crippen MR) is 76.5 cm³/mol. The summed E-state index contributed by atoms with van der Waals surface area (Å²) in [5, 5.41) is 0. The van der Waals surface area contributed by atoms with Gasteiger partial charge in [-0.1, -0.05) is 42.0 Å². The molecule has 2 nitrogen and oxygen atoms in total. The molecule has 2 heteroatoms. The highest BCUT2D eigenvalue weighted by Crippen LogP contribution is 2.33. The molecule has 3 rings (SSSR count). The Hall–Kier alpha value is -2.48. The standard InChI is InChI=1S/C15H10O2.C2H4/c1-9-6-7-11-10-4-2-3-5-12(10)14(16)15(17)13(11)8-9;1-2/h2-8H,1H3;1-2H2.